The van der Waals surface area contributed by atoms with Crippen molar-refractivity contribution in [3.63, 3.8) is 0 Å². The van der Waals surface area contributed by atoms with Crippen molar-refractivity contribution in [2.24, 2.45) is 0 Å². The van der Waals surface area contributed by atoms with Gasteiger partial charge in [0.2, 0.25) is 6.79 Å². The Kier molecular flexibility index (Phi) is 4.80. The number of hydrogen-bond donors (Lipinski definition) is 2. The molecule has 0 saturated heterocycles. The van der Waals surface area contributed by atoms with E-state index in [0.29, 0.717) is 28.8 Å². The number of hydrogen-bond acceptors (Lipinski definition) is 5. The lowest BCUT2D eigenvalue weighted by Crippen LogP contribution is -2.23. The van der Waals surface area contributed by atoms with Crippen molar-refractivity contribution in [2.75, 3.05) is 12.1 Å². The van der Waals surface area contributed by atoms with E-state index in [0.717, 1.165) is 16.9 Å². The van der Waals surface area contributed by atoms with E-state index < -0.39 is 0 Å². The highest BCUT2D eigenvalue weighted by atomic mass is 35.5. The minimum Gasteiger partial charge on any atom is -0.454 e. The van der Waals surface area contributed by atoms with Gasteiger partial charge in [-0.15, -0.1) is 0 Å². The van der Waals surface area contributed by atoms with Crippen molar-refractivity contribution in [3.8, 4) is 11.5 Å². The van der Waals surface area contributed by atoms with Crippen LogP contribution in [0, 0.1) is 0 Å². The van der Waals surface area contributed by atoms with E-state index in [-0.39, 0.29) is 12.7 Å². The molecule has 3 aromatic rings. The molecule has 2 heterocycles. The summed E-state index contributed by atoms with van der Waals surface area (Å²) in [6.45, 7) is 0.592. The number of nitrogens with zero attached hydrogens (tertiary/aromatic N) is 1. The molecule has 0 atom stereocenters. The maximum atomic E-state index is 12.4. The van der Waals surface area contributed by atoms with Crippen LogP contribution in [0.3, 0.4) is 0 Å². The lowest BCUT2D eigenvalue weighted by atomic mass is 10.2. The van der Waals surface area contributed by atoms with Crippen molar-refractivity contribution >= 4 is 28.9 Å². The molecule has 0 unspecified atom stereocenters. The monoisotopic (exact) mass is 381 g/mol. The van der Waals surface area contributed by atoms with Gasteiger partial charge >= 0.3 is 0 Å². The molecule has 0 radical (unpaired) electrons. The molecule has 0 bridgehead atoms. The van der Waals surface area contributed by atoms with Gasteiger partial charge in [-0.25, -0.2) is 0 Å². The van der Waals surface area contributed by atoms with Crippen molar-refractivity contribution in [1.29, 1.82) is 0 Å². The molecular weight excluding hydrogens is 366 g/mol. The first-order valence-electron chi connectivity index (χ1n) is 8.33. The molecule has 0 saturated carbocycles. The van der Waals surface area contributed by atoms with Gasteiger partial charge in [0.25, 0.3) is 5.91 Å². The third kappa shape index (κ3) is 4.12. The maximum absolute atomic E-state index is 12.4. The first-order chi connectivity index (χ1) is 13.2. The summed E-state index contributed by atoms with van der Waals surface area (Å²) in [5.74, 6) is 1.15. The summed E-state index contributed by atoms with van der Waals surface area (Å²) in [5.41, 5.74) is 2.88. The van der Waals surface area contributed by atoms with Crippen LogP contribution in [0.2, 0.25) is 5.02 Å². The second-order valence-corrected chi connectivity index (χ2v) is 6.37. The number of ether oxygens (including phenoxy) is 2. The number of anilines is 2. The zero-order chi connectivity index (χ0) is 18.6. The van der Waals surface area contributed by atoms with E-state index in [9.17, 15) is 4.79 Å². The molecule has 6 nitrogen and oxygen atoms in total. The molecule has 136 valence electrons. The van der Waals surface area contributed by atoms with Gasteiger partial charge < -0.3 is 20.1 Å². The van der Waals surface area contributed by atoms with Gasteiger partial charge in [-0.1, -0.05) is 17.7 Å². The molecule has 2 aromatic carbocycles. The SMILES string of the molecule is O=C(NCc1ccc2c(c1)OCO2)c1cc(Nc2ccc(Cl)cc2)ccn1. The van der Waals surface area contributed by atoms with Crippen LogP contribution in [0.25, 0.3) is 0 Å². The molecule has 27 heavy (non-hydrogen) atoms. The van der Waals surface area contributed by atoms with Crippen molar-refractivity contribution in [3.05, 3.63) is 77.1 Å². The smallest absolute Gasteiger partial charge is 0.270 e. The van der Waals surface area contributed by atoms with E-state index in [1.165, 1.54) is 0 Å². The zero-order valence-electron chi connectivity index (χ0n) is 14.2. The number of aromatic nitrogens is 1. The Bertz CT molecular complexity index is 976. The average Bonchev–Trinajstić information content (AvgIpc) is 3.16. The first-order valence-corrected chi connectivity index (χ1v) is 8.70. The Balaban J connectivity index is 1.40. The summed E-state index contributed by atoms with van der Waals surface area (Å²) < 4.78 is 10.6. The quantitative estimate of drug-likeness (QED) is 0.695. The summed E-state index contributed by atoms with van der Waals surface area (Å²) in [5, 5.41) is 6.75. The summed E-state index contributed by atoms with van der Waals surface area (Å²) in [6.07, 6.45) is 1.59. The normalized spacial score (nSPS) is 11.9. The Morgan fingerprint density at radius 2 is 1.81 bits per heavy atom. The molecule has 0 aliphatic carbocycles. The second-order valence-electron chi connectivity index (χ2n) is 5.93. The highest BCUT2D eigenvalue weighted by Crippen LogP contribution is 2.32. The Morgan fingerprint density at radius 1 is 1.00 bits per heavy atom. The van der Waals surface area contributed by atoms with Crippen LogP contribution in [0.15, 0.2) is 60.8 Å². The van der Waals surface area contributed by atoms with Crippen molar-refractivity contribution < 1.29 is 14.3 Å². The van der Waals surface area contributed by atoms with Crippen LogP contribution in [-0.4, -0.2) is 17.7 Å². The molecule has 7 heteroatoms. The molecule has 1 aromatic heterocycles. The second kappa shape index (κ2) is 7.55. The standard InChI is InChI=1S/C20H16ClN3O3/c21-14-2-4-15(5-3-14)24-16-7-8-22-17(10-16)20(25)23-11-13-1-6-18-19(9-13)27-12-26-18/h1-10H,11-12H2,(H,22,24)(H,23,25). The molecule has 2 N–H and O–H groups in total. The fourth-order valence-electron chi connectivity index (χ4n) is 2.66. The minimum absolute atomic E-state index is 0.225. The zero-order valence-corrected chi connectivity index (χ0v) is 15.0. The van der Waals surface area contributed by atoms with Crippen LogP contribution < -0.4 is 20.1 Å². The number of fused-ring (bicyclic) bond motifs is 1. The molecule has 0 fully saturated rings. The van der Waals surface area contributed by atoms with Crippen LogP contribution >= 0.6 is 11.6 Å². The van der Waals surface area contributed by atoms with Gasteiger partial charge in [0.1, 0.15) is 5.69 Å². The van der Waals surface area contributed by atoms with Crippen LogP contribution in [-0.2, 0) is 6.54 Å². The van der Waals surface area contributed by atoms with E-state index in [2.05, 4.69) is 15.6 Å². The van der Waals surface area contributed by atoms with E-state index in [1.807, 2.05) is 30.3 Å². The van der Waals surface area contributed by atoms with Gasteiger partial charge in [-0.05, 0) is 54.1 Å². The summed E-state index contributed by atoms with van der Waals surface area (Å²) in [7, 11) is 0. The predicted octanol–water partition coefficient (Wildman–Crippen LogP) is 4.14. The molecule has 0 spiro atoms. The minimum atomic E-state index is -0.257. The maximum Gasteiger partial charge on any atom is 0.270 e. The van der Waals surface area contributed by atoms with Crippen molar-refractivity contribution in [2.45, 2.75) is 6.54 Å². The van der Waals surface area contributed by atoms with E-state index in [1.54, 1.807) is 30.5 Å². The number of nitrogens with one attached hydrogen (secondary N) is 2. The molecule has 4 rings (SSSR count). The Hall–Kier alpha value is -3.25. The number of amides is 1. The average molecular weight is 382 g/mol. The highest BCUT2D eigenvalue weighted by Gasteiger charge is 2.14. The van der Waals surface area contributed by atoms with Crippen LogP contribution in [0.5, 0.6) is 11.5 Å². The molecular formula is C20H16ClN3O3. The molecule has 1 aliphatic rings. The lowest BCUT2D eigenvalue weighted by Gasteiger charge is -2.09. The number of pyridine rings is 1. The highest BCUT2D eigenvalue weighted by molar-refractivity contribution is 6.30. The van der Waals surface area contributed by atoms with Gasteiger partial charge in [-0.2, -0.15) is 0 Å². The number of carbonyl (C=O) groups excluding carboxylic acids is 1. The largest absolute Gasteiger partial charge is 0.454 e. The summed E-state index contributed by atoms with van der Waals surface area (Å²) >= 11 is 5.89. The van der Waals surface area contributed by atoms with Gasteiger partial charge in [0, 0.05) is 29.1 Å². The van der Waals surface area contributed by atoms with Crippen LogP contribution in [0.4, 0.5) is 11.4 Å². The topological polar surface area (TPSA) is 72.5 Å². The third-order valence-corrected chi connectivity index (χ3v) is 4.27. The summed E-state index contributed by atoms with van der Waals surface area (Å²) in [4.78, 5) is 16.6. The fraction of sp³-hybridized carbons (Fsp3) is 0.100. The first kappa shape index (κ1) is 17.2. The fourth-order valence-corrected chi connectivity index (χ4v) is 2.78. The van der Waals surface area contributed by atoms with Gasteiger partial charge in [0.15, 0.2) is 11.5 Å². The Labute approximate surface area is 161 Å². The number of halogens is 1. The van der Waals surface area contributed by atoms with E-state index in [4.69, 9.17) is 21.1 Å². The van der Waals surface area contributed by atoms with E-state index >= 15 is 0 Å². The number of benzene rings is 2. The number of rotatable bonds is 5. The third-order valence-electron chi connectivity index (χ3n) is 4.02. The van der Waals surface area contributed by atoms with Crippen molar-refractivity contribution in [1.82, 2.24) is 10.3 Å². The molecule has 1 aliphatic heterocycles. The lowest BCUT2D eigenvalue weighted by molar-refractivity contribution is 0.0946. The number of carbonyl (C=O) groups is 1. The van der Waals surface area contributed by atoms with Gasteiger partial charge in [-0.3, -0.25) is 9.78 Å². The summed E-state index contributed by atoms with van der Waals surface area (Å²) in [6, 6.07) is 16.4. The van der Waals surface area contributed by atoms with Crippen LogP contribution in [0.1, 0.15) is 16.1 Å². The van der Waals surface area contributed by atoms with Gasteiger partial charge in [0.05, 0.1) is 0 Å². The predicted molar refractivity (Wildman–Crippen MR) is 103 cm³/mol. The Morgan fingerprint density at radius 3 is 2.67 bits per heavy atom. The molecule has 1 amide bonds.